The van der Waals surface area contributed by atoms with Gasteiger partial charge in [-0.05, 0) is 36.8 Å². The van der Waals surface area contributed by atoms with Gasteiger partial charge < -0.3 is 4.74 Å². The van der Waals surface area contributed by atoms with Crippen molar-refractivity contribution in [1.82, 2.24) is 4.31 Å². The quantitative estimate of drug-likeness (QED) is 0.675. The SMILES string of the molecule is CCOC(=O)CCN(Cc1ccccc1)S(=O)(=O)c1ccc(F)cc1. The van der Waals surface area contributed by atoms with E-state index in [2.05, 4.69) is 0 Å². The van der Waals surface area contributed by atoms with Crippen LogP contribution in [0.25, 0.3) is 0 Å². The number of hydrogen-bond acceptors (Lipinski definition) is 4. The second-order valence-corrected chi connectivity index (χ2v) is 7.27. The van der Waals surface area contributed by atoms with Crippen LogP contribution >= 0.6 is 0 Å². The van der Waals surface area contributed by atoms with Crippen LogP contribution in [-0.4, -0.2) is 31.8 Å². The lowest BCUT2D eigenvalue weighted by atomic mass is 10.2. The number of hydrogen-bond donors (Lipinski definition) is 0. The van der Waals surface area contributed by atoms with Crippen molar-refractivity contribution >= 4 is 16.0 Å². The number of nitrogens with zero attached hydrogens (tertiary/aromatic N) is 1. The van der Waals surface area contributed by atoms with Gasteiger partial charge in [-0.3, -0.25) is 4.79 Å². The molecule has 0 bridgehead atoms. The highest BCUT2D eigenvalue weighted by Crippen LogP contribution is 2.19. The van der Waals surface area contributed by atoms with Crippen molar-refractivity contribution in [2.75, 3.05) is 13.2 Å². The molecular weight excluding hydrogens is 345 g/mol. The number of carbonyl (C=O) groups excluding carboxylic acids is 1. The Morgan fingerprint density at radius 1 is 1.08 bits per heavy atom. The van der Waals surface area contributed by atoms with Crippen molar-refractivity contribution in [3.8, 4) is 0 Å². The maximum Gasteiger partial charge on any atom is 0.307 e. The van der Waals surface area contributed by atoms with Gasteiger partial charge in [-0.25, -0.2) is 12.8 Å². The van der Waals surface area contributed by atoms with Gasteiger partial charge >= 0.3 is 5.97 Å². The minimum absolute atomic E-state index is 0.0197. The molecule has 2 aromatic rings. The van der Waals surface area contributed by atoms with Crippen molar-refractivity contribution < 1.29 is 22.3 Å². The summed E-state index contributed by atoms with van der Waals surface area (Å²) in [5.41, 5.74) is 0.789. The summed E-state index contributed by atoms with van der Waals surface area (Å²) >= 11 is 0. The number of sulfonamides is 1. The Labute approximate surface area is 147 Å². The lowest BCUT2D eigenvalue weighted by Gasteiger charge is -2.22. The normalized spacial score (nSPS) is 11.5. The first-order valence-electron chi connectivity index (χ1n) is 7.88. The fraction of sp³-hybridized carbons (Fsp3) is 0.278. The highest BCUT2D eigenvalue weighted by atomic mass is 32.2. The third-order valence-corrected chi connectivity index (χ3v) is 5.38. The van der Waals surface area contributed by atoms with E-state index in [-0.39, 0.29) is 31.0 Å². The maximum absolute atomic E-state index is 13.1. The second kappa shape index (κ2) is 8.73. The maximum atomic E-state index is 13.1. The van der Waals surface area contributed by atoms with Crippen LogP contribution in [0.1, 0.15) is 18.9 Å². The Morgan fingerprint density at radius 3 is 2.32 bits per heavy atom. The molecule has 0 spiro atoms. The number of halogens is 1. The van der Waals surface area contributed by atoms with E-state index >= 15 is 0 Å². The standard InChI is InChI=1S/C18H20FNO4S/c1-2-24-18(21)12-13-20(14-15-6-4-3-5-7-15)25(22,23)17-10-8-16(19)9-11-17/h3-11H,2,12-14H2,1H3. The molecule has 134 valence electrons. The summed E-state index contributed by atoms with van der Waals surface area (Å²) in [5.74, 6) is -0.977. The van der Waals surface area contributed by atoms with Gasteiger partial charge in [-0.2, -0.15) is 4.31 Å². The van der Waals surface area contributed by atoms with Crippen LogP contribution in [0.5, 0.6) is 0 Å². The van der Waals surface area contributed by atoms with Gasteiger partial charge in [0.2, 0.25) is 10.0 Å². The number of benzene rings is 2. The third-order valence-electron chi connectivity index (χ3n) is 3.52. The van der Waals surface area contributed by atoms with Gasteiger partial charge in [0.05, 0.1) is 17.9 Å². The summed E-state index contributed by atoms with van der Waals surface area (Å²) in [4.78, 5) is 11.6. The monoisotopic (exact) mass is 365 g/mol. The molecule has 0 heterocycles. The molecule has 0 N–H and O–H groups in total. The summed E-state index contributed by atoms with van der Waals surface area (Å²) in [6.45, 7) is 2.02. The molecule has 25 heavy (non-hydrogen) atoms. The molecule has 7 heteroatoms. The molecule has 0 saturated heterocycles. The minimum Gasteiger partial charge on any atom is -0.466 e. The molecule has 0 saturated carbocycles. The summed E-state index contributed by atoms with van der Waals surface area (Å²) in [5, 5.41) is 0. The molecule has 0 aromatic heterocycles. The molecule has 5 nitrogen and oxygen atoms in total. The molecule has 0 amide bonds. The molecule has 0 radical (unpaired) electrons. The van der Waals surface area contributed by atoms with E-state index in [9.17, 15) is 17.6 Å². The van der Waals surface area contributed by atoms with Crippen molar-refractivity contribution in [2.45, 2.75) is 24.8 Å². The first-order valence-corrected chi connectivity index (χ1v) is 9.32. The van der Waals surface area contributed by atoms with Gasteiger partial charge in [0.15, 0.2) is 0 Å². The predicted molar refractivity (Wildman–Crippen MR) is 91.7 cm³/mol. The molecule has 2 rings (SSSR count). The van der Waals surface area contributed by atoms with E-state index in [1.165, 1.54) is 16.4 Å². The summed E-state index contributed by atoms with van der Waals surface area (Å²) < 4.78 is 44.9. The Kier molecular flexibility index (Phi) is 6.66. The Hall–Kier alpha value is -2.25. The highest BCUT2D eigenvalue weighted by Gasteiger charge is 2.25. The number of rotatable bonds is 8. The van der Waals surface area contributed by atoms with Gasteiger partial charge in [0.25, 0.3) is 0 Å². The zero-order valence-electron chi connectivity index (χ0n) is 13.9. The minimum atomic E-state index is -3.87. The summed E-state index contributed by atoms with van der Waals surface area (Å²) in [7, 11) is -3.87. The van der Waals surface area contributed by atoms with Crippen LogP contribution in [0.3, 0.4) is 0 Å². The van der Waals surface area contributed by atoms with E-state index in [1.54, 1.807) is 19.1 Å². The van der Waals surface area contributed by atoms with E-state index in [1.807, 2.05) is 18.2 Å². The predicted octanol–water partition coefficient (Wildman–Crippen LogP) is 2.97. The van der Waals surface area contributed by atoms with E-state index in [0.717, 1.165) is 17.7 Å². The third kappa shape index (κ3) is 5.37. The van der Waals surface area contributed by atoms with Gasteiger partial charge in [-0.1, -0.05) is 30.3 Å². The van der Waals surface area contributed by atoms with E-state index in [0.29, 0.717) is 0 Å². The van der Waals surface area contributed by atoms with Gasteiger partial charge in [0.1, 0.15) is 5.82 Å². The smallest absolute Gasteiger partial charge is 0.307 e. The molecule has 0 aliphatic rings. The molecule has 0 unspecified atom stereocenters. The zero-order valence-corrected chi connectivity index (χ0v) is 14.7. The van der Waals surface area contributed by atoms with Gasteiger partial charge in [-0.15, -0.1) is 0 Å². The molecule has 0 aliphatic carbocycles. The van der Waals surface area contributed by atoms with Crippen LogP contribution in [-0.2, 0) is 26.1 Å². The van der Waals surface area contributed by atoms with Crippen LogP contribution in [0, 0.1) is 5.82 Å². The molecule has 0 aliphatic heterocycles. The van der Waals surface area contributed by atoms with Crippen LogP contribution in [0.15, 0.2) is 59.5 Å². The van der Waals surface area contributed by atoms with Crippen molar-refractivity contribution in [2.24, 2.45) is 0 Å². The van der Waals surface area contributed by atoms with Crippen molar-refractivity contribution in [3.63, 3.8) is 0 Å². The van der Waals surface area contributed by atoms with Crippen LogP contribution in [0.2, 0.25) is 0 Å². The number of carbonyl (C=O) groups is 1. The lowest BCUT2D eigenvalue weighted by Crippen LogP contribution is -2.33. The number of esters is 1. The average molecular weight is 365 g/mol. The molecule has 0 atom stereocenters. The summed E-state index contributed by atoms with van der Waals surface area (Å²) in [6.07, 6.45) is -0.0545. The van der Waals surface area contributed by atoms with Crippen molar-refractivity contribution in [1.29, 1.82) is 0 Å². The fourth-order valence-corrected chi connectivity index (χ4v) is 3.70. The largest absolute Gasteiger partial charge is 0.466 e. The Bertz CT molecular complexity index is 792. The average Bonchev–Trinajstić information content (AvgIpc) is 2.60. The first-order chi connectivity index (χ1) is 11.9. The van der Waals surface area contributed by atoms with Crippen molar-refractivity contribution in [3.05, 3.63) is 66.0 Å². The molecule has 0 fully saturated rings. The summed E-state index contributed by atoms with van der Waals surface area (Å²) in [6, 6.07) is 13.7. The van der Waals surface area contributed by atoms with E-state index < -0.39 is 21.8 Å². The molecule has 2 aromatic carbocycles. The van der Waals surface area contributed by atoms with Crippen LogP contribution in [0.4, 0.5) is 4.39 Å². The van der Waals surface area contributed by atoms with Crippen LogP contribution < -0.4 is 0 Å². The second-order valence-electron chi connectivity index (χ2n) is 5.33. The molecular formula is C18H20FNO4S. The fourth-order valence-electron chi connectivity index (χ4n) is 2.28. The first kappa shape index (κ1) is 19.1. The zero-order chi connectivity index (χ0) is 18.3. The topological polar surface area (TPSA) is 63.7 Å². The highest BCUT2D eigenvalue weighted by molar-refractivity contribution is 7.89. The number of ether oxygens (including phenoxy) is 1. The lowest BCUT2D eigenvalue weighted by molar-refractivity contribution is -0.143. The Balaban J connectivity index is 2.25. The Morgan fingerprint density at radius 2 is 1.72 bits per heavy atom. The van der Waals surface area contributed by atoms with Gasteiger partial charge in [0, 0.05) is 13.1 Å². The van der Waals surface area contributed by atoms with E-state index in [4.69, 9.17) is 4.74 Å².